The molecule has 0 bridgehead atoms. The van der Waals surface area contributed by atoms with E-state index in [1.165, 1.54) is 19.3 Å². The average Bonchev–Trinajstić information content (AvgIpc) is 2.13. The van der Waals surface area contributed by atoms with Crippen LogP contribution in [0.1, 0.15) is 58.8 Å². The van der Waals surface area contributed by atoms with Crippen molar-refractivity contribution in [2.24, 2.45) is 0 Å². The molecular formula is C12H22O. The second kappa shape index (κ2) is 9.61. The Hall–Kier alpha value is -0.480. The lowest BCUT2D eigenvalue weighted by Crippen LogP contribution is -2.01. The molecule has 0 saturated carbocycles. The molecule has 0 rings (SSSR count). The summed E-state index contributed by atoms with van der Waals surface area (Å²) < 4.78 is 0. The van der Waals surface area contributed by atoms with Crippen LogP contribution in [0.25, 0.3) is 0 Å². The summed E-state index contributed by atoms with van der Waals surface area (Å²) in [5, 5.41) is 9.40. The molecule has 0 aromatic rings. The molecule has 13 heavy (non-hydrogen) atoms. The summed E-state index contributed by atoms with van der Waals surface area (Å²) in [4.78, 5) is 0. The van der Waals surface area contributed by atoms with Crippen LogP contribution in [0.4, 0.5) is 0 Å². The molecule has 0 heterocycles. The van der Waals surface area contributed by atoms with Crippen LogP contribution in [-0.2, 0) is 0 Å². The van der Waals surface area contributed by atoms with Crippen LogP contribution in [0.3, 0.4) is 0 Å². The maximum atomic E-state index is 9.40. The molecule has 1 heteroatoms. The third-order valence-electron chi connectivity index (χ3n) is 2.01. The minimum Gasteiger partial charge on any atom is -0.380 e. The fourth-order valence-corrected chi connectivity index (χ4v) is 1.12. The maximum absolute atomic E-state index is 9.40. The monoisotopic (exact) mass is 182 g/mol. The number of aliphatic hydroxyl groups excluding tert-OH is 1. The molecule has 0 saturated heterocycles. The number of unbranched alkanes of at least 4 members (excludes halogenated alkanes) is 4. The van der Waals surface area contributed by atoms with Crippen molar-refractivity contribution in [3.05, 3.63) is 0 Å². The van der Waals surface area contributed by atoms with E-state index in [0.717, 1.165) is 25.7 Å². The van der Waals surface area contributed by atoms with E-state index in [0.29, 0.717) is 0 Å². The fraction of sp³-hybridized carbons (Fsp3) is 0.833. The summed E-state index contributed by atoms with van der Waals surface area (Å²) in [5.41, 5.74) is 0. The van der Waals surface area contributed by atoms with Crippen LogP contribution in [0.2, 0.25) is 0 Å². The summed E-state index contributed by atoms with van der Waals surface area (Å²) in [6, 6.07) is 0. The van der Waals surface area contributed by atoms with Crippen LogP contribution < -0.4 is 0 Å². The molecule has 76 valence electrons. The van der Waals surface area contributed by atoms with Crippen LogP contribution >= 0.6 is 0 Å². The Labute approximate surface area is 82.5 Å². The third-order valence-corrected chi connectivity index (χ3v) is 2.01. The topological polar surface area (TPSA) is 20.2 Å². The van der Waals surface area contributed by atoms with Gasteiger partial charge in [-0.25, -0.2) is 0 Å². The molecule has 0 fully saturated rings. The van der Waals surface area contributed by atoms with Crippen molar-refractivity contribution >= 4 is 0 Å². The van der Waals surface area contributed by atoms with Crippen molar-refractivity contribution in [2.45, 2.75) is 64.9 Å². The van der Waals surface area contributed by atoms with Crippen molar-refractivity contribution in [1.29, 1.82) is 0 Å². The zero-order chi connectivity index (χ0) is 9.94. The molecule has 1 atom stereocenters. The predicted octanol–water partition coefficient (Wildman–Crippen LogP) is 3.12. The minimum absolute atomic E-state index is 0.386. The SMILES string of the molecule is CCCCC#CC(O)CCCCC. The van der Waals surface area contributed by atoms with Crippen LogP contribution in [0.15, 0.2) is 0 Å². The Morgan fingerprint density at radius 2 is 1.77 bits per heavy atom. The van der Waals surface area contributed by atoms with Gasteiger partial charge in [-0.15, -0.1) is 5.92 Å². The molecule has 0 aliphatic heterocycles. The molecule has 0 aliphatic carbocycles. The van der Waals surface area contributed by atoms with Gasteiger partial charge in [0.25, 0.3) is 0 Å². The predicted molar refractivity (Wildman–Crippen MR) is 57.4 cm³/mol. The van der Waals surface area contributed by atoms with E-state index in [-0.39, 0.29) is 6.10 Å². The Morgan fingerprint density at radius 1 is 1.08 bits per heavy atom. The summed E-state index contributed by atoms with van der Waals surface area (Å²) in [7, 11) is 0. The van der Waals surface area contributed by atoms with Crippen molar-refractivity contribution < 1.29 is 5.11 Å². The van der Waals surface area contributed by atoms with E-state index in [1.54, 1.807) is 0 Å². The van der Waals surface area contributed by atoms with Gasteiger partial charge < -0.3 is 5.11 Å². The first kappa shape index (κ1) is 12.5. The molecule has 0 aromatic carbocycles. The van der Waals surface area contributed by atoms with Crippen LogP contribution in [0.5, 0.6) is 0 Å². The lowest BCUT2D eigenvalue weighted by atomic mass is 10.1. The van der Waals surface area contributed by atoms with E-state index >= 15 is 0 Å². The van der Waals surface area contributed by atoms with Gasteiger partial charge in [-0.05, 0) is 19.3 Å². The van der Waals surface area contributed by atoms with Gasteiger partial charge in [0.1, 0.15) is 6.10 Å². The largest absolute Gasteiger partial charge is 0.380 e. The quantitative estimate of drug-likeness (QED) is 0.494. The summed E-state index contributed by atoms with van der Waals surface area (Å²) in [6.07, 6.45) is 7.22. The summed E-state index contributed by atoms with van der Waals surface area (Å²) in [6.45, 7) is 4.32. The average molecular weight is 182 g/mol. The molecule has 1 unspecified atom stereocenters. The smallest absolute Gasteiger partial charge is 0.114 e. The molecule has 0 aromatic heterocycles. The molecular weight excluding hydrogens is 160 g/mol. The second-order valence-corrected chi connectivity index (χ2v) is 3.44. The van der Waals surface area contributed by atoms with E-state index in [2.05, 4.69) is 25.7 Å². The minimum atomic E-state index is -0.386. The van der Waals surface area contributed by atoms with Gasteiger partial charge >= 0.3 is 0 Å². The van der Waals surface area contributed by atoms with E-state index in [4.69, 9.17) is 0 Å². The van der Waals surface area contributed by atoms with Gasteiger partial charge in [-0.3, -0.25) is 0 Å². The molecule has 0 aliphatic rings. The molecule has 1 nitrogen and oxygen atoms in total. The van der Waals surface area contributed by atoms with Gasteiger partial charge in [0.05, 0.1) is 0 Å². The van der Waals surface area contributed by atoms with E-state index in [9.17, 15) is 5.11 Å². The van der Waals surface area contributed by atoms with E-state index < -0.39 is 0 Å². The zero-order valence-corrected chi connectivity index (χ0v) is 8.97. The Bertz CT molecular complexity index is 152. The zero-order valence-electron chi connectivity index (χ0n) is 8.97. The first-order valence-corrected chi connectivity index (χ1v) is 5.47. The van der Waals surface area contributed by atoms with Crippen molar-refractivity contribution in [1.82, 2.24) is 0 Å². The van der Waals surface area contributed by atoms with Crippen molar-refractivity contribution in [3.8, 4) is 11.8 Å². The number of hydrogen-bond donors (Lipinski definition) is 1. The van der Waals surface area contributed by atoms with Gasteiger partial charge in [0.15, 0.2) is 0 Å². The molecule has 0 spiro atoms. The lowest BCUT2D eigenvalue weighted by molar-refractivity contribution is 0.217. The highest BCUT2D eigenvalue weighted by Crippen LogP contribution is 2.02. The first-order chi connectivity index (χ1) is 6.31. The Balaban J connectivity index is 3.35. The van der Waals surface area contributed by atoms with Crippen molar-refractivity contribution in [2.75, 3.05) is 0 Å². The summed E-state index contributed by atoms with van der Waals surface area (Å²) >= 11 is 0. The van der Waals surface area contributed by atoms with Gasteiger partial charge in [-0.2, -0.15) is 0 Å². The second-order valence-electron chi connectivity index (χ2n) is 3.44. The third kappa shape index (κ3) is 9.43. The molecule has 0 amide bonds. The standard InChI is InChI=1S/C12H22O/c1-3-5-7-9-11-12(13)10-8-6-4-2/h12-13H,3-8,10H2,1-2H3. The van der Waals surface area contributed by atoms with E-state index in [1.807, 2.05) is 0 Å². The normalized spacial score (nSPS) is 11.9. The van der Waals surface area contributed by atoms with Gasteiger partial charge in [-0.1, -0.05) is 39.0 Å². The highest BCUT2D eigenvalue weighted by Gasteiger charge is 1.96. The highest BCUT2D eigenvalue weighted by molar-refractivity contribution is 5.04. The first-order valence-electron chi connectivity index (χ1n) is 5.47. The molecule has 1 N–H and O–H groups in total. The van der Waals surface area contributed by atoms with Gasteiger partial charge in [0.2, 0.25) is 0 Å². The molecule has 0 radical (unpaired) electrons. The van der Waals surface area contributed by atoms with Crippen LogP contribution in [-0.4, -0.2) is 11.2 Å². The Kier molecular flexibility index (Phi) is 9.25. The number of rotatable bonds is 6. The fourth-order valence-electron chi connectivity index (χ4n) is 1.12. The lowest BCUT2D eigenvalue weighted by Gasteiger charge is -2.00. The summed E-state index contributed by atoms with van der Waals surface area (Å²) in [5.74, 6) is 5.89. The number of hydrogen-bond acceptors (Lipinski definition) is 1. The number of aliphatic hydroxyl groups is 1. The van der Waals surface area contributed by atoms with Crippen molar-refractivity contribution in [3.63, 3.8) is 0 Å². The highest BCUT2D eigenvalue weighted by atomic mass is 16.3. The Morgan fingerprint density at radius 3 is 2.38 bits per heavy atom. The van der Waals surface area contributed by atoms with Gasteiger partial charge in [0, 0.05) is 6.42 Å². The maximum Gasteiger partial charge on any atom is 0.114 e. The van der Waals surface area contributed by atoms with Crippen LogP contribution in [0, 0.1) is 11.8 Å².